The third-order valence-electron chi connectivity index (χ3n) is 4.31. The van der Waals surface area contributed by atoms with E-state index < -0.39 is 0 Å². The van der Waals surface area contributed by atoms with E-state index >= 15 is 0 Å². The Morgan fingerprint density at radius 1 is 1.38 bits per heavy atom. The third-order valence-corrected chi connectivity index (χ3v) is 4.54. The molecule has 1 aliphatic rings. The number of allylic oxidation sites excluding steroid dienone is 2. The van der Waals surface area contributed by atoms with E-state index in [0.29, 0.717) is 12.5 Å². The minimum absolute atomic E-state index is 0.0808. The molecule has 1 N–H and O–H groups in total. The number of halogens is 1. The second kappa shape index (κ2) is 6.23. The van der Waals surface area contributed by atoms with E-state index in [2.05, 4.69) is 39.1 Å². The number of rotatable bonds is 5. The van der Waals surface area contributed by atoms with Gasteiger partial charge in [0.05, 0.1) is 5.92 Å². The quantitative estimate of drug-likeness (QED) is 0.810. The Labute approximate surface area is 132 Å². The highest BCUT2D eigenvalue weighted by atomic mass is 35.5. The summed E-state index contributed by atoms with van der Waals surface area (Å²) in [7, 11) is 0. The van der Waals surface area contributed by atoms with Crippen molar-refractivity contribution in [1.82, 2.24) is 5.32 Å². The van der Waals surface area contributed by atoms with Gasteiger partial charge in [0.2, 0.25) is 5.91 Å². The van der Waals surface area contributed by atoms with Crippen LogP contribution in [0.1, 0.15) is 33.3 Å². The van der Waals surface area contributed by atoms with Gasteiger partial charge in [0, 0.05) is 11.6 Å². The van der Waals surface area contributed by atoms with Crippen LogP contribution >= 0.6 is 11.6 Å². The molecular weight excluding hydrogens is 282 g/mol. The SMILES string of the molecule is CC(C)=C[C@@H]1[C@H](C(=O)NCCc2cccc(Cl)c2)C1(C)C. The lowest BCUT2D eigenvalue weighted by molar-refractivity contribution is -0.123. The lowest BCUT2D eigenvalue weighted by atomic mass is 10.1. The number of amides is 1. The molecule has 0 aliphatic heterocycles. The topological polar surface area (TPSA) is 29.1 Å². The van der Waals surface area contributed by atoms with Gasteiger partial charge in [0.1, 0.15) is 0 Å². The maximum atomic E-state index is 12.3. The van der Waals surface area contributed by atoms with Gasteiger partial charge in [0.15, 0.2) is 0 Å². The van der Waals surface area contributed by atoms with Crippen LogP contribution in [0.3, 0.4) is 0 Å². The van der Waals surface area contributed by atoms with Gasteiger partial charge in [-0.25, -0.2) is 0 Å². The number of hydrogen-bond acceptors (Lipinski definition) is 1. The Bertz CT molecular complexity index is 558. The summed E-state index contributed by atoms with van der Waals surface area (Å²) in [5.41, 5.74) is 2.51. The number of carbonyl (C=O) groups is 1. The maximum absolute atomic E-state index is 12.3. The first-order valence-corrected chi connectivity index (χ1v) is 7.87. The third kappa shape index (κ3) is 3.88. The molecule has 0 radical (unpaired) electrons. The van der Waals surface area contributed by atoms with Crippen molar-refractivity contribution in [3.8, 4) is 0 Å². The predicted octanol–water partition coefficient (Wildman–Crippen LogP) is 4.24. The van der Waals surface area contributed by atoms with Crippen LogP contribution in [0, 0.1) is 17.3 Å². The Morgan fingerprint density at radius 3 is 2.71 bits per heavy atom. The summed E-state index contributed by atoms with van der Waals surface area (Å²) in [5.74, 6) is 0.643. The molecule has 0 aromatic heterocycles. The number of benzene rings is 1. The number of nitrogens with one attached hydrogen (secondary N) is 1. The molecule has 0 spiro atoms. The zero-order valence-corrected chi connectivity index (χ0v) is 14.0. The van der Waals surface area contributed by atoms with E-state index in [1.165, 1.54) is 5.57 Å². The zero-order chi connectivity index (χ0) is 15.6. The van der Waals surface area contributed by atoms with E-state index in [-0.39, 0.29) is 17.2 Å². The molecule has 1 fully saturated rings. The van der Waals surface area contributed by atoms with Gasteiger partial charge in [0.25, 0.3) is 0 Å². The Morgan fingerprint density at radius 2 is 2.10 bits per heavy atom. The van der Waals surface area contributed by atoms with Crippen LogP contribution in [0.15, 0.2) is 35.9 Å². The Balaban J connectivity index is 1.85. The van der Waals surface area contributed by atoms with E-state index in [4.69, 9.17) is 11.6 Å². The molecule has 1 aromatic rings. The van der Waals surface area contributed by atoms with Crippen molar-refractivity contribution >= 4 is 17.5 Å². The van der Waals surface area contributed by atoms with Gasteiger partial charge in [-0.2, -0.15) is 0 Å². The average molecular weight is 306 g/mol. The summed E-state index contributed by atoms with van der Waals surface area (Å²) < 4.78 is 0. The molecule has 1 aromatic carbocycles. The average Bonchev–Trinajstić information content (AvgIpc) is 2.89. The second-order valence-corrected chi connectivity index (χ2v) is 7.18. The summed E-state index contributed by atoms with van der Waals surface area (Å²) in [6.07, 6.45) is 3.04. The molecule has 3 heteroatoms. The molecule has 1 amide bonds. The fraction of sp³-hybridized carbons (Fsp3) is 0.500. The fourth-order valence-electron chi connectivity index (χ4n) is 2.98. The molecule has 1 saturated carbocycles. The van der Waals surface area contributed by atoms with Crippen LogP contribution in [0.4, 0.5) is 0 Å². The highest BCUT2D eigenvalue weighted by Gasteiger charge is 2.60. The van der Waals surface area contributed by atoms with Gasteiger partial charge >= 0.3 is 0 Å². The molecule has 0 unspecified atom stereocenters. The lowest BCUT2D eigenvalue weighted by Crippen LogP contribution is -2.28. The maximum Gasteiger partial charge on any atom is 0.224 e. The molecule has 2 nitrogen and oxygen atoms in total. The van der Waals surface area contributed by atoms with E-state index in [0.717, 1.165) is 17.0 Å². The molecule has 21 heavy (non-hydrogen) atoms. The predicted molar refractivity (Wildman–Crippen MR) is 88.4 cm³/mol. The molecular formula is C18H24ClNO. The van der Waals surface area contributed by atoms with Crippen molar-refractivity contribution < 1.29 is 4.79 Å². The van der Waals surface area contributed by atoms with Crippen LogP contribution in [0.5, 0.6) is 0 Å². The highest BCUT2D eigenvalue weighted by Crippen LogP contribution is 2.59. The van der Waals surface area contributed by atoms with Crippen LogP contribution in [-0.2, 0) is 11.2 Å². The van der Waals surface area contributed by atoms with Crippen molar-refractivity contribution in [3.05, 3.63) is 46.5 Å². The molecule has 114 valence electrons. The van der Waals surface area contributed by atoms with Crippen LogP contribution < -0.4 is 5.32 Å². The second-order valence-electron chi connectivity index (χ2n) is 6.74. The van der Waals surface area contributed by atoms with Crippen molar-refractivity contribution in [2.24, 2.45) is 17.3 Å². The zero-order valence-electron chi connectivity index (χ0n) is 13.2. The normalized spacial score (nSPS) is 22.5. The van der Waals surface area contributed by atoms with Crippen LogP contribution in [0.2, 0.25) is 5.02 Å². The summed E-state index contributed by atoms with van der Waals surface area (Å²) in [6.45, 7) is 9.16. The molecule has 0 bridgehead atoms. The van der Waals surface area contributed by atoms with Crippen LogP contribution in [-0.4, -0.2) is 12.5 Å². The van der Waals surface area contributed by atoms with Crippen molar-refractivity contribution in [3.63, 3.8) is 0 Å². The molecule has 1 aliphatic carbocycles. The Hall–Kier alpha value is -1.28. The van der Waals surface area contributed by atoms with Crippen molar-refractivity contribution in [2.75, 3.05) is 6.54 Å². The largest absolute Gasteiger partial charge is 0.355 e. The van der Waals surface area contributed by atoms with E-state index in [1.807, 2.05) is 24.3 Å². The Kier molecular flexibility index (Phi) is 4.77. The monoisotopic (exact) mass is 305 g/mol. The smallest absolute Gasteiger partial charge is 0.224 e. The summed E-state index contributed by atoms with van der Waals surface area (Å²) >= 11 is 5.96. The van der Waals surface area contributed by atoms with E-state index in [1.54, 1.807) is 0 Å². The minimum Gasteiger partial charge on any atom is -0.355 e. The number of carbonyl (C=O) groups excluding carboxylic acids is 1. The summed E-state index contributed by atoms with van der Waals surface area (Å²) in [6, 6.07) is 7.78. The van der Waals surface area contributed by atoms with Gasteiger partial charge in [-0.15, -0.1) is 0 Å². The van der Waals surface area contributed by atoms with Crippen molar-refractivity contribution in [2.45, 2.75) is 34.1 Å². The summed E-state index contributed by atoms with van der Waals surface area (Å²) in [5, 5.41) is 3.80. The summed E-state index contributed by atoms with van der Waals surface area (Å²) in [4.78, 5) is 12.3. The first-order chi connectivity index (χ1) is 9.82. The first kappa shape index (κ1) is 16.1. The fourth-order valence-corrected chi connectivity index (χ4v) is 3.19. The molecule has 2 rings (SSSR count). The van der Waals surface area contributed by atoms with Gasteiger partial charge < -0.3 is 5.32 Å². The first-order valence-electron chi connectivity index (χ1n) is 7.49. The van der Waals surface area contributed by atoms with Crippen molar-refractivity contribution in [1.29, 1.82) is 0 Å². The number of hydrogen-bond donors (Lipinski definition) is 1. The van der Waals surface area contributed by atoms with Gasteiger partial charge in [-0.1, -0.05) is 49.2 Å². The minimum atomic E-state index is 0.0808. The van der Waals surface area contributed by atoms with Gasteiger partial charge in [-0.3, -0.25) is 4.79 Å². The highest BCUT2D eigenvalue weighted by molar-refractivity contribution is 6.30. The molecule has 0 saturated heterocycles. The molecule has 0 heterocycles. The van der Waals surface area contributed by atoms with Crippen LogP contribution in [0.25, 0.3) is 0 Å². The van der Waals surface area contributed by atoms with E-state index in [9.17, 15) is 4.79 Å². The lowest BCUT2D eigenvalue weighted by Gasteiger charge is -2.06. The molecule has 2 atom stereocenters. The standard InChI is InChI=1S/C18H24ClNO/c1-12(2)10-15-16(18(15,3)4)17(21)20-9-8-13-6-5-7-14(19)11-13/h5-7,10-11,15-16H,8-9H2,1-4H3,(H,20,21)/t15-,16-/m1/s1. The van der Waals surface area contributed by atoms with Gasteiger partial charge in [-0.05, 0) is 49.3 Å².